The lowest BCUT2D eigenvalue weighted by molar-refractivity contribution is -0.135. The summed E-state index contributed by atoms with van der Waals surface area (Å²) in [7, 11) is 1.81. The van der Waals surface area contributed by atoms with E-state index in [0.717, 1.165) is 16.5 Å². The van der Waals surface area contributed by atoms with Crippen molar-refractivity contribution in [2.24, 2.45) is 5.92 Å². The molecule has 3 rings (SSSR count). The monoisotopic (exact) mass is 414 g/mol. The van der Waals surface area contributed by atoms with Crippen molar-refractivity contribution in [3.8, 4) is 0 Å². The number of carbonyl (C=O) groups excluding carboxylic acids is 2. The van der Waals surface area contributed by atoms with E-state index < -0.39 is 0 Å². The number of nitrogens with zero attached hydrogens (tertiary/aromatic N) is 2. The number of hydrogen-bond donors (Lipinski definition) is 0. The zero-order chi connectivity index (χ0) is 18.5. The molecule has 2 aromatic carbocycles. The van der Waals surface area contributed by atoms with E-state index in [4.69, 9.17) is 0 Å². The molecule has 2 amide bonds. The minimum Gasteiger partial charge on any atom is -0.342 e. The molecule has 1 fully saturated rings. The molecule has 1 atom stereocenters. The van der Waals surface area contributed by atoms with E-state index in [-0.39, 0.29) is 17.7 Å². The van der Waals surface area contributed by atoms with Gasteiger partial charge in [-0.3, -0.25) is 9.59 Å². The Morgan fingerprint density at radius 2 is 1.81 bits per heavy atom. The van der Waals surface area contributed by atoms with E-state index in [2.05, 4.69) is 28.1 Å². The van der Waals surface area contributed by atoms with Gasteiger partial charge in [-0.25, -0.2) is 0 Å². The minimum absolute atomic E-state index is 0.0449. The van der Waals surface area contributed by atoms with Gasteiger partial charge in [-0.2, -0.15) is 0 Å². The minimum atomic E-state index is -0.237. The van der Waals surface area contributed by atoms with Gasteiger partial charge < -0.3 is 9.80 Å². The Hall–Kier alpha value is -2.14. The molecule has 0 saturated carbocycles. The SMILES string of the molecule is CN(Cc1ccc(Br)cc1)C(=O)C1CC(=O)N(CCc2ccccc2)C1. The first-order valence-electron chi connectivity index (χ1n) is 8.84. The first kappa shape index (κ1) is 18.6. The predicted octanol–water partition coefficient (Wildman–Crippen LogP) is 3.50. The molecule has 26 heavy (non-hydrogen) atoms. The van der Waals surface area contributed by atoms with Gasteiger partial charge in [0.15, 0.2) is 0 Å². The number of amides is 2. The van der Waals surface area contributed by atoms with Gasteiger partial charge in [-0.05, 0) is 29.7 Å². The van der Waals surface area contributed by atoms with Crippen molar-refractivity contribution < 1.29 is 9.59 Å². The molecule has 1 saturated heterocycles. The standard InChI is InChI=1S/C21H23BrN2O2/c1-23(14-17-7-9-19(22)10-8-17)21(26)18-13-20(25)24(15-18)12-11-16-5-3-2-4-6-16/h2-10,18H,11-15H2,1H3. The summed E-state index contributed by atoms with van der Waals surface area (Å²) in [5.41, 5.74) is 2.29. The first-order chi connectivity index (χ1) is 12.5. The molecule has 1 unspecified atom stereocenters. The van der Waals surface area contributed by atoms with E-state index in [9.17, 15) is 9.59 Å². The van der Waals surface area contributed by atoms with Crippen molar-refractivity contribution in [3.05, 3.63) is 70.2 Å². The van der Waals surface area contributed by atoms with Crippen molar-refractivity contribution >= 4 is 27.7 Å². The Morgan fingerprint density at radius 3 is 2.50 bits per heavy atom. The molecule has 0 radical (unpaired) electrons. The molecule has 0 aromatic heterocycles. The Morgan fingerprint density at radius 1 is 1.12 bits per heavy atom. The molecule has 0 aliphatic carbocycles. The van der Waals surface area contributed by atoms with Crippen molar-refractivity contribution in [1.29, 1.82) is 0 Å². The van der Waals surface area contributed by atoms with Gasteiger partial charge in [0.25, 0.3) is 0 Å². The van der Waals surface area contributed by atoms with E-state index in [1.807, 2.05) is 54.4 Å². The maximum atomic E-state index is 12.7. The zero-order valence-electron chi connectivity index (χ0n) is 14.9. The Balaban J connectivity index is 1.53. The van der Waals surface area contributed by atoms with Crippen LogP contribution in [0.4, 0.5) is 0 Å². The number of likely N-dealkylation sites (tertiary alicyclic amines) is 1. The summed E-state index contributed by atoms with van der Waals surface area (Å²) < 4.78 is 1.02. The van der Waals surface area contributed by atoms with Gasteiger partial charge in [-0.15, -0.1) is 0 Å². The Bertz CT molecular complexity index is 761. The largest absolute Gasteiger partial charge is 0.342 e. The normalized spacial score (nSPS) is 16.8. The molecular formula is C21H23BrN2O2. The molecule has 1 aliphatic rings. The summed E-state index contributed by atoms with van der Waals surface area (Å²) in [4.78, 5) is 28.5. The lowest BCUT2D eigenvalue weighted by Crippen LogP contribution is -2.34. The summed E-state index contributed by atoms with van der Waals surface area (Å²) in [5.74, 6) is -0.112. The first-order valence-corrected chi connectivity index (χ1v) is 9.63. The Kier molecular flexibility index (Phi) is 6.09. The second-order valence-electron chi connectivity index (χ2n) is 6.80. The molecule has 1 aliphatic heterocycles. The van der Waals surface area contributed by atoms with Crippen LogP contribution in [0.3, 0.4) is 0 Å². The molecule has 0 N–H and O–H groups in total. The van der Waals surface area contributed by atoms with Crippen LogP contribution < -0.4 is 0 Å². The maximum absolute atomic E-state index is 12.7. The van der Waals surface area contributed by atoms with Crippen LogP contribution >= 0.6 is 15.9 Å². The molecule has 4 nitrogen and oxygen atoms in total. The van der Waals surface area contributed by atoms with Gasteiger partial charge in [0.05, 0.1) is 5.92 Å². The summed E-state index contributed by atoms with van der Waals surface area (Å²) in [6, 6.07) is 18.1. The van der Waals surface area contributed by atoms with Crippen LogP contribution in [0, 0.1) is 5.92 Å². The van der Waals surface area contributed by atoms with Crippen LogP contribution in [0.2, 0.25) is 0 Å². The number of hydrogen-bond acceptors (Lipinski definition) is 2. The third kappa shape index (κ3) is 4.73. The van der Waals surface area contributed by atoms with Gasteiger partial charge in [0.2, 0.25) is 11.8 Å². The van der Waals surface area contributed by atoms with Crippen LogP contribution in [-0.4, -0.2) is 41.8 Å². The molecule has 5 heteroatoms. The van der Waals surface area contributed by atoms with Crippen molar-refractivity contribution in [3.63, 3.8) is 0 Å². The highest BCUT2D eigenvalue weighted by molar-refractivity contribution is 9.10. The van der Waals surface area contributed by atoms with Crippen molar-refractivity contribution in [2.45, 2.75) is 19.4 Å². The van der Waals surface area contributed by atoms with Crippen LogP contribution in [0.1, 0.15) is 17.5 Å². The third-order valence-electron chi connectivity index (χ3n) is 4.79. The van der Waals surface area contributed by atoms with Gasteiger partial charge >= 0.3 is 0 Å². The lowest BCUT2D eigenvalue weighted by atomic mass is 10.1. The highest BCUT2D eigenvalue weighted by Gasteiger charge is 2.35. The van der Waals surface area contributed by atoms with Crippen molar-refractivity contribution in [2.75, 3.05) is 20.1 Å². The third-order valence-corrected chi connectivity index (χ3v) is 5.31. The number of benzene rings is 2. The molecule has 0 bridgehead atoms. The quantitative estimate of drug-likeness (QED) is 0.725. The fourth-order valence-corrected chi connectivity index (χ4v) is 3.58. The highest BCUT2D eigenvalue weighted by atomic mass is 79.9. The maximum Gasteiger partial charge on any atom is 0.228 e. The lowest BCUT2D eigenvalue weighted by Gasteiger charge is -2.21. The average molecular weight is 415 g/mol. The second-order valence-corrected chi connectivity index (χ2v) is 7.71. The average Bonchev–Trinajstić information content (AvgIpc) is 3.03. The molecule has 1 heterocycles. The summed E-state index contributed by atoms with van der Waals surface area (Å²) in [5, 5.41) is 0. The predicted molar refractivity (Wildman–Crippen MR) is 105 cm³/mol. The number of carbonyl (C=O) groups is 2. The summed E-state index contributed by atoms with van der Waals surface area (Å²) in [6.07, 6.45) is 1.14. The fourth-order valence-electron chi connectivity index (χ4n) is 3.32. The molecular weight excluding hydrogens is 392 g/mol. The summed E-state index contributed by atoms with van der Waals surface area (Å²) >= 11 is 3.42. The van der Waals surface area contributed by atoms with Gasteiger partial charge in [0.1, 0.15) is 0 Å². The summed E-state index contributed by atoms with van der Waals surface area (Å²) in [6.45, 7) is 1.75. The van der Waals surface area contributed by atoms with E-state index in [1.54, 1.807) is 4.90 Å². The van der Waals surface area contributed by atoms with Crippen molar-refractivity contribution in [1.82, 2.24) is 9.80 Å². The zero-order valence-corrected chi connectivity index (χ0v) is 16.5. The number of halogens is 1. The van der Waals surface area contributed by atoms with Crippen LogP contribution in [0.15, 0.2) is 59.1 Å². The molecule has 2 aromatic rings. The van der Waals surface area contributed by atoms with Crippen LogP contribution in [0.5, 0.6) is 0 Å². The van der Waals surface area contributed by atoms with Crippen LogP contribution in [-0.2, 0) is 22.6 Å². The number of rotatable bonds is 6. The highest BCUT2D eigenvalue weighted by Crippen LogP contribution is 2.21. The van der Waals surface area contributed by atoms with E-state index in [0.29, 0.717) is 26.1 Å². The fraction of sp³-hybridized carbons (Fsp3) is 0.333. The van der Waals surface area contributed by atoms with E-state index >= 15 is 0 Å². The van der Waals surface area contributed by atoms with Crippen LogP contribution in [0.25, 0.3) is 0 Å². The molecule has 136 valence electrons. The topological polar surface area (TPSA) is 40.6 Å². The van der Waals surface area contributed by atoms with E-state index in [1.165, 1.54) is 5.56 Å². The smallest absolute Gasteiger partial charge is 0.228 e. The molecule has 0 spiro atoms. The second kappa shape index (κ2) is 8.49. The van der Waals surface area contributed by atoms with Gasteiger partial charge in [0, 0.05) is 37.6 Å². The van der Waals surface area contributed by atoms with Gasteiger partial charge in [-0.1, -0.05) is 58.4 Å². The Labute approximate surface area is 162 Å².